The van der Waals surface area contributed by atoms with Crippen molar-refractivity contribution in [2.24, 2.45) is 0 Å². The van der Waals surface area contributed by atoms with Crippen molar-refractivity contribution in [1.29, 1.82) is 0 Å². The summed E-state index contributed by atoms with van der Waals surface area (Å²) in [6.07, 6.45) is 4.12. The van der Waals surface area contributed by atoms with E-state index in [2.05, 4.69) is 9.97 Å². The van der Waals surface area contributed by atoms with E-state index in [-0.39, 0.29) is 0 Å². The van der Waals surface area contributed by atoms with Crippen molar-refractivity contribution in [2.45, 2.75) is 13.8 Å². The third-order valence-electron chi connectivity index (χ3n) is 4.52. The number of hydrogen-bond acceptors (Lipinski definition) is 4. The summed E-state index contributed by atoms with van der Waals surface area (Å²) >= 11 is 0. The molecule has 4 aromatic rings. The second kappa shape index (κ2) is 7.48. The number of fused-ring (bicyclic) bond motifs is 1. The number of ether oxygens (including phenoxy) is 1. The number of aromatic nitrogens is 2. The molecular weight excluding hydrogens is 350 g/mol. The maximum atomic E-state index is 12.1. The molecule has 0 N–H and O–H groups in total. The van der Waals surface area contributed by atoms with Gasteiger partial charge in [0.25, 0.3) is 0 Å². The highest BCUT2D eigenvalue weighted by Crippen LogP contribution is 2.37. The number of rotatable bonds is 5. The molecule has 1 amide bonds. The predicted octanol–water partition coefficient (Wildman–Crippen LogP) is 5.33. The smallest absolute Gasteiger partial charge is 0.243 e. The summed E-state index contributed by atoms with van der Waals surface area (Å²) < 4.78 is 6.08. The summed E-state index contributed by atoms with van der Waals surface area (Å²) in [5.41, 5.74) is 4.11. The minimum Gasteiger partial charge on any atom is -0.437 e. The van der Waals surface area contributed by atoms with Gasteiger partial charge in [-0.1, -0.05) is 35.9 Å². The molecule has 0 spiro atoms. The molecule has 5 nitrogen and oxygen atoms in total. The van der Waals surface area contributed by atoms with E-state index in [0.717, 1.165) is 28.4 Å². The van der Waals surface area contributed by atoms with Crippen molar-refractivity contribution in [3.8, 4) is 11.6 Å². The minimum absolute atomic E-state index is 0.356. The number of benzene rings is 2. The van der Waals surface area contributed by atoms with Crippen LogP contribution in [0.3, 0.4) is 0 Å². The summed E-state index contributed by atoms with van der Waals surface area (Å²) in [5.74, 6) is 1.06. The molecule has 0 atom stereocenters. The van der Waals surface area contributed by atoms with Crippen LogP contribution in [-0.2, 0) is 4.79 Å². The summed E-state index contributed by atoms with van der Waals surface area (Å²) in [5, 5.41) is 0.951. The van der Waals surface area contributed by atoms with Crippen LogP contribution in [0, 0.1) is 13.8 Å². The first-order valence-electron chi connectivity index (χ1n) is 8.96. The van der Waals surface area contributed by atoms with Gasteiger partial charge in [0.05, 0.1) is 11.2 Å². The van der Waals surface area contributed by atoms with Gasteiger partial charge in [-0.15, -0.1) is 0 Å². The van der Waals surface area contributed by atoms with E-state index < -0.39 is 0 Å². The maximum Gasteiger partial charge on any atom is 0.243 e. The topological polar surface area (TPSA) is 55.3 Å². The van der Waals surface area contributed by atoms with E-state index in [1.807, 2.05) is 68.4 Å². The molecule has 2 aromatic heterocycles. The van der Waals surface area contributed by atoms with Crippen LogP contribution in [0.4, 0.5) is 11.4 Å². The second-order valence-corrected chi connectivity index (χ2v) is 6.53. The lowest BCUT2D eigenvalue weighted by atomic mass is 10.1. The number of para-hydroxylation sites is 1. The molecule has 4 rings (SSSR count). The number of nitrogens with zero attached hydrogens (tertiary/aromatic N) is 3. The molecule has 0 aliphatic carbocycles. The average Bonchev–Trinajstić information content (AvgIpc) is 2.72. The number of pyridine rings is 2. The van der Waals surface area contributed by atoms with Crippen molar-refractivity contribution in [3.05, 3.63) is 84.2 Å². The number of amides is 1. The standard InChI is InChI=1S/C23H19N3O2/c1-16-10-11-21(17(2)14-16)28-23-20(9-5-13-25-23)26(15-27)19-8-3-6-18-7-4-12-24-22(18)19/h3-15H,1-2H3. The molecule has 0 fully saturated rings. The van der Waals surface area contributed by atoms with Crippen LogP contribution in [0.15, 0.2) is 73.1 Å². The Labute approximate surface area is 163 Å². The molecule has 2 aromatic carbocycles. The zero-order valence-electron chi connectivity index (χ0n) is 15.7. The number of anilines is 2. The van der Waals surface area contributed by atoms with Crippen molar-refractivity contribution < 1.29 is 9.53 Å². The van der Waals surface area contributed by atoms with Gasteiger partial charge in [0.1, 0.15) is 11.4 Å². The molecule has 0 bridgehead atoms. The Kier molecular flexibility index (Phi) is 4.72. The fraction of sp³-hybridized carbons (Fsp3) is 0.0870. The van der Waals surface area contributed by atoms with Gasteiger partial charge in [-0.2, -0.15) is 0 Å². The Balaban J connectivity index is 1.80. The van der Waals surface area contributed by atoms with Crippen LogP contribution < -0.4 is 9.64 Å². The van der Waals surface area contributed by atoms with Crippen LogP contribution in [-0.4, -0.2) is 16.4 Å². The lowest BCUT2D eigenvalue weighted by molar-refractivity contribution is -0.106. The highest BCUT2D eigenvalue weighted by molar-refractivity contribution is 6.00. The Bertz CT molecular complexity index is 1150. The fourth-order valence-corrected chi connectivity index (χ4v) is 3.19. The number of aryl methyl sites for hydroxylation is 2. The van der Waals surface area contributed by atoms with E-state index in [0.29, 0.717) is 23.0 Å². The highest BCUT2D eigenvalue weighted by Gasteiger charge is 2.18. The van der Waals surface area contributed by atoms with Gasteiger partial charge in [-0.25, -0.2) is 4.98 Å². The third kappa shape index (κ3) is 3.30. The SMILES string of the molecule is Cc1ccc(Oc2ncccc2N(C=O)c2cccc3cccnc23)c(C)c1. The van der Waals surface area contributed by atoms with Crippen LogP contribution in [0.2, 0.25) is 0 Å². The van der Waals surface area contributed by atoms with Crippen molar-refractivity contribution >= 4 is 28.7 Å². The summed E-state index contributed by atoms with van der Waals surface area (Å²) in [4.78, 5) is 22.4. The van der Waals surface area contributed by atoms with Crippen LogP contribution >= 0.6 is 0 Å². The van der Waals surface area contributed by atoms with Crippen molar-refractivity contribution in [3.63, 3.8) is 0 Å². The molecule has 138 valence electrons. The van der Waals surface area contributed by atoms with Crippen LogP contribution in [0.1, 0.15) is 11.1 Å². The quantitative estimate of drug-likeness (QED) is 0.446. The molecule has 0 saturated heterocycles. The highest BCUT2D eigenvalue weighted by atomic mass is 16.5. The molecule has 0 unspecified atom stereocenters. The van der Waals surface area contributed by atoms with E-state index >= 15 is 0 Å². The van der Waals surface area contributed by atoms with Gasteiger partial charge < -0.3 is 4.74 Å². The van der Waals surface area contributed by atoms with E-state index in [9.17, 15) is 4.79 Å². The zero-order valence-corrected chi connectivity index (χ0v) is 15.7. The van der Waals surface area contributed by atoms with E-state index in [4.69, 9.17) is 4.74 Å². The monoisotopic (exact) mass is 369 g/mol. The Morgan fingerprint density at radius 2 is 1.64 bits per heavy atom. The largest absolute Gasteiger partial charge is 0.437 e. The lowest BCUT2D eigenvalue weighted by Crippen LogP contribution is -2.16. The van der Waals surface area contributed by atoms with Gasteiger partial charge in [-0.3, -0.25) is 14.7 Å². The van der Waals surface area contributed by atoms with Gasteiger partial charge in [0, 0.05) is 17.8 Å². The Morgan fingerprint density at radius 1 is 0.893 bits per heavy atom. The van der Waals surface area contributed by atoms with Crippen LogP contribution in [0.25, 0.3) is 10.9 Å². The molecule has 2 heterocycles. The number of hydrogen-bond donors (Lipinski definition) is 0. The maximum absolute atomic E-state index is 12.1. The average molecular weight is 369 g/mol. The number of carbonyl (C=O) groups excluding carboxylic acids is 1. The normalized spacial score (nSPS) is 10.6. The number of carbonyl (C=O) groups is 1. The summed E-state index contributed by atoms with van der Waals surface area (Å²) in [6.45, 7) is 4.02. The fourth-order valence-electron chi connectivity index (χ4n) is 3.19. The second-order valence-electron chi connectivity index (χ2n) is 6.53. The molecule has 5 heteroatoms. The lowest BCUT2D eigenvalue weighted by Gasteiger charge is -2.21. The predicted molar refractivity (Wildman–Crippen MR) is 110 cm³/mol. The van der Waals surface area contributed by atoms with Crippen molar-refractivity contribution in [2.75, 3.05) is 4.90 Å². The van der Waals surface area contributed by atoms with Gasteiger partial charge >= 0.3 is 0 Å². The van der Waals surface area contributed by atoms with Gasteiger partial charge in [-0.05, 0) is 49.7 Å². The summed E-state index contributed by atoms with van der Waals surface area (Å²) in [6, 6.07) is 19.1. The first kappa shape index (κ1) is 17.7. The summed E-state index contributed by atoms with van der Waals surface area (Å²) in [7, 11) is 0. The van der Waals surface area contributed by atoms with E-state index in [1.54, 1.807) is 18.5 Å². The van der Waals surface area contributed by atoms with Crippen molar-refractivity contribution in [1.82, 2.24) is 9.97 Å². The molecule has 0 saturated carbocycles. The van der Waals surface area contributed by atoms with Gasteiger partial charge in [0.2, 0.25) is 12.3 Å². The molecule has 0 aliphatic heterocycles. The third-order valence-corrected chi connectivity index (χ3v) is 4.52. The Morgan fingerprint density at radius 3 is 2.46 bits per heavy atom. The first-order chi connectivity index (χ1) is 13.7. The van der Waals surface area contributed by atoms with Crippen LogP contribution in [0.5, 0.6) is 11.6 Å². The zero-order chi connectivity index (χ0) is 19.5. The van der Waals surface area contributed by atoms with E-state index in [1.165, 1.54) is 4.90 Å². The first-order valence-corrected chi connectivity index (χ1v) is 8.96. The minimum atomic E-state index is 0.356. The Hall–Kier alpha value is -3.73. The molecule has 0 aliphatic rings. The van der Waals surface area contributed by atoms with Gasteiger partial charge in [0.15, 0.2) is 0 Å². The molecule has 0 radical (unpaired) electrons. The molecule has 28 heavy (non-hydrogen) atoms. The molecular formula is C23H19N3O2.